The molecule has 0 amide bonds. The van der Waals surface area contributed by atoms with Crippen molar-refractivity contribution >= 4 is 10.9 Å². The Bertz CT molecular complexity index is 1930. The maximum absolute atomic E-state index is 2.50. The minimum Gasteiger partial charge on any atom is -0.303 e. The summed E-state index contributed by atoms with van der Waals surface area (Å²) in [6.07, 6.45) is 2.18. The van der Waals surface area contributed by atoms with Gasteiger partial charge in [-0.15, -0.1) is 0 Å². The highest BCUT2D eigenvalue weighted by atomic mass is 15.0. The lowest BCUT2D eigenvalue weighted by Gasteiger charge is -2.20. The maximum Gasteiger partial charge on any atom is 0.230 e. The van der Waals surface area contributed by atoms with Gasteiger partial charge in [-0.05, 0) is 40.8 Å². The Kier molecular flexibility index (Phi) is 6.29. The molecule has 7 rings (SSSR count). The zero-order valence-corrected chi connectivity index (χ0v) is 23.3. The molecule has 0 fully saturated rings. The molecule has 5 aromatic carbocycles. The molecule has 2 nitrogen and oxygen atoms in total. The summed E-state index contributed by atoms with van der Waals surface area (Å²) in [5.74, 6) is 0. The summed E-state index contributed by atoms with van der Waals surface area (Å²) in [4.78, 5) is 0. The van der Waals surface area contributed by atoms with Gasteiger partial charge in [-0.2, -0.15) is 4.57 Å². The van der Waals surface area contributed by atoms with Gasteiger partial charge >= 0.3 is 0 Å². The third-order valence-electron chi connectivity index (χ3n) is 8.06. The molecule has 0 spiro atoms. The highest BCUT2D eigenvalue weighted by Crippen LogP contribution is 2.42. The number of hydrogen-bond donors (Lipinski definition) is 0. The second kappa shape index (κ2) is 10.4. The number of hydrogen-bond acceptors (Lipinski definition) is 0. The number of fused-ring (bicyclic) bond motifs is 1. The number of benzene rings is 5. The third kappa shape index (κ3) is 4.34. The minimum atomic E-state index is 1.17. The van der Waals surface area contributed by atoms with Crippen LogP contribution >= 0.6 is 0 Å². The van der Waals surface area contributed by atoms with Gasteiger partial charge in [0, 0.05) is 28.6 Å². The summed E-state index contributed by atoms with van der Waals surface area (Å²) < 4.78 is 4.75. The van der Waals surface area contributed by atoms with Crippen LogP contribution in [0.1, 0.15) is 5.56 Å². The van der Waals surface area contributed by atoms with Gasteiger partial charge in [0.05, 0.1) is 11.2 Å². The molecule has 0 saturated heterocycles. The SMILES string of the molecule is Cc1c(-c2cc(-c3ccccc3)cc[n+]2C)n(-c2c(-c3ccccc3)cccc2-c2ccccc2)c2ccccc12. The number of nitrogens with zero attached hydrogens (tertiary/aromatic N) is 2. The minimum absolute atomic E-state index is 1.17. The number of aryl methyl sites for hydroxylation is 2. The normalized spacial score (nSPS) is 11.2. The van der Waals surface area contributed by atoms with Crippen LogP contribution in [0.5, 0.6) is 0 Å². The standard InChI is InChI=1S/C39H31N2/c1-28-33-21-12-13-24-36(33)41(38(28)37-27-32(25-26-40(37)2)29-15-6-3-7-16-29)39-34(30-17-8-4-9-18-30)22-14-23-35(39)31-19-10-5-11-20-31/h3-27H,1-2H3/q+1. The fourth-order valence-electron chi connectivity index (χ4n) is 6.04. The van der Waals surface area contributed by atoms with E-state index in [9.17, 15) is 0 Å². The van der Waals surface area contributed by atoms with Crippen LogP contribution in [0, 0.1) is 6.92 Å². The summed E-state index contributed by atoms with van der Waals surface area (Å²) >= 11 is 0. The molecule has 0 unspecified atom stereocenters. The molecule has 2 heterocycles. The molecule has 0 radical (unpaired) electrons. The van der Waals surface area contributed by atoms with Gasteiger partial charge < -0.3 is 4.57 Å². The van der Waals surface area contributed by atoms with Gasteiger partial charge in [0.1, 0.15) is 12.7 Å². The lowest BCUT2D eigenvalue weighted by atomic mass is 9.95. The van der Waals surface area contributed by atoms with Crippen LogP contribution in [0.2, 0.25) is 0 Å². The molecule has 2 aromatic heterocycles. The van der Waals surface area contributed by atoms with E-state index in [4.69, 9.17) is 0 Å². The molecular formula is C39H31N2+. The van der Waals surface area contributed by atoms with E-state index < -0.39 is 0 Å². The topological polar surface area (TPSA) is 8.81 Å². The van der Waals surface area contributed by atoms with Crippen molar-refractivity contribution in [3.05, 3.63) is 157 Å². The van der Waals surface area contributed by atoms with E-state index in [-0.39, 0.29) is 0 Å². The smallest absolute Gasteiger partial charge is 0.230 e. The first-order chi connectivity index (χ1) is 20.2. The third-order valence-corrected chi connectivity index (χ3v) is 8.06. The Labute approximate surface area is 241 Å². The highest BCUT2D eigenvalue weighted by molar-refractivity contribution is 5.97. The molecule has 0 atom stereocenters. The number of aromatic nitrogens is 2. The zero-order chi connectivity index (χ0) is 27.8. The predicted molar refractivity (Wildman–Crippen MR) is 171 cm³/mol. The van der Waals surface area contributed by atoms with Crippen molar-refractivity contribution < 1.29 is 4.57 Å². The average Bonchev–Trinajstić information content (AvgIpc) is 3.33. The van der Waals surface area contributed by atoms with Crippen molar-refractivity contribution in [3.63, 3.8) is 0 Å². The molecule has 0 aliphatic carbocycles. The van der Waals surface area contributed by atoms with Crippen LogP contribution in [-0.2, 0) is 7.05 Å². The van der Waals surface area contributed by atoms with Crippen LogP contribution in [0.15, 0.2) is 152 Å². The molecule has 196 valence electrons. The fraction of sp³-hybridized carbons (Fsp3) is 0.0513. The molecule has 0 aliphatic rings. The fourth-order valence-corrected chi connectivity index (χ4v) is 6.04. The van der Waals surface area contributed by atoms with E-state index in [0.29, 0.717) is 0 Å². The lowest BCUT2D eigenvalue weighted by Crippen LogP contribution is -2.31. The summed E-state index contributed by atoms with van der Waals surface area (Å²) in [7, 11) is 2.15. The van der Waals surface area contributed by atoms with Gasteiger partial charge in [-0.25, -0.2) is 0 Å². The highest BCUT2D eigenvalue weighted by Gasteiger charge is 2.26. The Hall–Kier alpha value is -5.21. The number of para-hydroxylation sites is 2. The van der Waals surface area contributed by atoms with E-state index in [0.717, 1.165) is 0 Å². The molecule has 7 aromatic rings. The van der Waals surface area contributed by atoms with Gasteiger partial charge in [0.25, 0.3) is 0 Å². The van der Waals surface area contributed by atoms with Crippen LogP contribution < -0.4 is 4.57 Å². The summed E-state index contributed by atoms with van der Waals surface area (Å²) in [6.45, 7) is 2.26. The second-order valence-electron chi connectivity index (χ2n) is 10.5. The van der Waals surface area contributed by atoms with Gasteiger partial charge in [0.15, 0.2) is 6.20 Å². The summed E-state index contributed by atoms with van der Waals surface area (Å²) in [6, 6.07) is 52.2. The monoisotopic (exact) mass is 527 g/mol. The number of pyridine rings is 1. The Morgan fingerprint density at radius 2 is 1.05 bits per heavy atom. The number of rotatable bonds is 5. The quantitative estimate of drug-likeness (QED) is 0.197. The molecule has 0 N–H and O–H groups in total. The first-order valence-corrected chi connectivity index (χ1v) is 14.1. The Balaban J connectivity index is 1.62. The average molecular weight is 528 g/mol. The van der Waals surface area contributed by atoms with E-state index in [2.05, 4.69) is 175 Å². The molecular weight excluding hydrogens is 496 g/mol. The van der Waals surface area contributed by atoms with Crippen LogP contribution in [0.3, 0.4) is 0 Å². The van der Waals surface area contributed by atoms with E-state index in [1.54, 1.807) is 0 Å². The van der Waals surface area contributed by atoms with Gasteiger partial charge in [-0.3, -0.25) is 0 Å². The first-order valence-electron chi connectivity index (χ1n) is 14.1. The molecule has 2 heteroatoms. The molecule has 0 saturated carbocycles. The second-order valence-corrected chi connectivity index (χ2v) is 10.5. The van der Waals surface area contributed by atoms with Crippen molar-refractivity contribution in [2.75, 3.05) is 0 Å². The summed E-state index contributed by atoms with van der Waals surface area (Å²) in [5, 5.41) is 1.26. The van der Waals surface area contributed by atoms with E-state index in [1.807, 2.05) is 0 Å². The first kappa shape index (κ1) is 24.8. The van der Waals surface area contributed by atoms with E-state index in [1.165, 1.54) is 66.9 Å². The largest absolute Gasteiger partial charge is 0.303 e. The summed E-state index contributed by atoms with van der Waals surface area (Å²) in [5.41, 5.74) is 13.2. The van der Waals surface area contributed by atoms with Crippen molar-refractivity contribution in [3.8, 4) is 50.5 Å². The molecule has 0 bridgehead atoms. The van der Waals surface area contributed by atoms with Crippen LogP contribution in [0.25, 0.3) is 61.4 Å². The molecule has 0 aliphatic heterocycles. The van der Waals surface area contributed by atoms with Crippen LogP contribution in [0.4, 0.5) is 0 Å². The van der Waals surface area contributed by atoms with Crippen molar-refractivity contribution in [2.24, 2.45) is 7.05 Å². The lowest BCUT2D eigenvalue weighted by molar-refractivity contribution is -0.660. The van der Waals surface area contributed by atoms with Gasteiger partial charge in [-0.1, -0.05) is 127 Å². The Morgan fingerprint density at radius 1 is 0.512 bits per heavy atom. The van der Waals surface area contributed by atoms with Crippen LogP contribution in [-0.4, -0.2) is 4.57 Å². The van der Waals surface area contributed by atoms with E-state index >= 15 is 0 Å². The van der Waals surface area contributed by atoms with Crippen molar-refractivity contribution in [1.82, 2.24) is 4.57 Å². The predicted octanol–water partition coefficient (Wildman–Crippen LogP) is 9.43. The molecule has 41 heavy (non-hydrogen) atoms. The maximum atomic E-state index is 2.50. The van der Waals surface area contributed by atoms with Crippen molar-refractivity contribution in [2.45, 2.75) is 6.92 Å². The van der Waals surface area contributed by atoms with Gasteiger partial charge in [0.2, 0.25) is 5.69 Å². The zero-order valence-electron chi connectivity index (χ0n) is 23.3. The van der Waals surface area contributed by atoms with Crippen molar-refractivity contribution in [1.29, 1.82) is 0 Å². The Morgan fingerprint density at radius 3 is 1.66 bits per heavy atom.